The van der Waals surface area contributed by atoms with E-state index in [2.05, 4.69) is 31.1 Å². The number of aliphatic hydroxyl groups is 1. The number of hydrogen-bond acceptors (Lipinski definition) is 4. The smallest absolute Gasteiger partial charge is 0.107 e. The Bertz CT molecular complexity index is 299. The maximum atomic E-state index is 8.73. The number of thiazole rings is 1. The highest BCUT2D eigenvalue weighted by atomic mass is 32.1. The quantitative estimate of drug-likeness (QED) is 0.772. The summed E-state index contributed by atoms with van der Waals surface area (Å²) in [5.74, 6) is 0.568. The van der Waals surface area contributed by atoms with Crippen LogP contribution in [-0.2, 0) is 6.54 Å². The first kappa shape index (κ1) is 13.6. The lowest BCUT2D eigenvalue weighted by Gasteiger charge is -2.11. The zero-order valence-corrected chi connectivity index (χ0v) is 11.2. The van der Waals surface area contributed by atoms with Gasteiger partial charge in [-0.05, 0) is 25.7 Å². The Balaban J connectivity index is 2.31. The summed E-state index contributed by atoms with van der Waals surface area (Å²) in [6.07, 6.45) is 3.85. The molecule has 0 amide bonds. The second-order valence-corrected chi connectivity index (χ2v) is 5.61. The summed E-state index contributed by atoms with van der Waals surface area (Å²) in [6, 6.07) is 0.443. The van der Waals surface area contributed by atoms with E-state index in [1.165, 1.54) is 4.88 Å². The van der Waals surface area contributed by atoms with Crippen molar-refractivity contribution in [1.82, 2.24) is 10.3 Å². The van der Waals surface area contributed by atoms with Crippen molar-refractivity contribution >= 4 is 11.3 Å². The molecule has 0 spiro atoms. The Labute approximate surface area is 102 Å². The molecule has 3 nitrogen and oxygen atoms in total. The third-order valence-corrected chi connectivity index (χ3v) is 3.84. The van der Waals surface area contributed by atoms with Crippen LogP contribution in [0.25, 0.3) is 0 Å². The second-order valence-electron chi connectivity index (χ2n) is 4.46. The van der Waals surface area contributed by atoms with Gasteiger partial charge in [-0.2, -0.15) is 0 Å². The predicted octanol–water partition coefficient (Wildman–Crippen LogP) is 2.52. The van der Waals surface area contributed by atoms with Crippen LogP contribution in [0.2, 0.25) is 0 Å². The molecule has 92 valence electrons. The van der Waals surface area contributed by atoms with Crippen LogP contribution in [0.4, 0.5) is 0 Å². The molecule has 0 aliphatic heterocycles. The van der Waals surface area contributed by atoms with Crippen molar-refractivity contribution < 1.29 is 5.11 Å². The first-order valence-electron chi connectivity index (χ1n) is 5.92. The molecule has 0 fully saturated rings. The highest BCUT2D eigenvalue weighted by molar-refractivity contribution is 7.11. The summed E-state index contributed by atoms with van der Waals surface area (Å²) < 4.78 is 0. The molecule has 4 heteroatoms. The van der Waals surface area contributed by atoms with Gasteiger partial charge in [0.05, 0.1) is 0 Å². The molecule has 1 aromatic heterocycles. The maximum Gasteiger partial charge on any atom is 0.107 e. The normalized spacial score (nSPS) is 13.3. The third kappa shape index (κ3) is 4.60. The van der Waals surface area contributed by atoms with Crippen LogP contribution in [0.1, 0.15) is 49.4 Å². The van der Waals surface area contributed by atoms with Gasteiger partial charge in [0.2, 0.25) is 0 Å². The first-order valence-corrected chi connectivity index (χ1v) is 6.74. The van der Waals surface area contributed by atoms with Crippen LogP contribution in [0.15, 0.2) is 6.20 Å². The van der Waals surface area contributed by atoms with Crippen molar-refractivity contribution in [3.05, 3.63) is 16.1 Å². The van der Waals surface area contributed by atoms with Crippen molar-refractivity contribution in [1.29, 1.82) is 0 Å². The van der Waals surface area contributed by atoms with E-state index in [1.54, 1.807) is 11.3 Å². The summed E-state index contributed by atoms with van der Waals surface area (Å²) in [7, 11) is 0. The molecule has 16 heavy (non-hydrogen) atoms. The Morgan fingerprint density at radius 1 is 1.44 bits per heavy atom. The van der Waals surface area contributed by atoms with Crippen LogP contribution < -0.4 is 5.32 Å². The summed E-state index contributed by atoms with van der Waals surface area (Å²) in [5.41, 5.74) is 0. The van der Waals surface area contributed by atoms with Crippen LogP contribution in [0.3, 0.4) is 0 Å². The van der Waals surface area contributed by atoms with E-state index >= 15 is 0 Å². The molecule has 1 aromatic rings. The number of aliphatic hydroxyl groups excluding tert-OH is 1. The van der Waals surface area contributed by atoms with Crippen molar-refractivity contribution in [2.75, 3.05) is 6.61 Å². The second kappa shape index (κ2) is 6.99. The molecule has 0 bridgehead atoms. The standard InChI is InChI=1S/C12H22N2OS/c1-9(2)11-7-14-12(16-11)8-13-10(3)5-4-6-15/h7,9-10,13,15H,4-6,8H2,1-3H3. The molecule has 0 radical (unpaired) electrons. The van der Waals surface area contributed by atoms with Crippen molar-refractivity contribution in [3.8, 4) is 0 Å². The zero-order valence-electron chi connectivity index (χ0n) is 10.4. The highest BCUT2D eigenvalue weighted by Gasteiger charge is 2.06. The summed E-state index contributed by atoms with van der Waals surface area (Å²) in [5, 5.41) is 13.3. The number of hydrogen-bond donors (Lipinski definition) is 2. The van der Waals surface area contributed by atoms with E-state index in [1.807, 2.05) is 6.20 Å². The van der Waals surface area contributed by atoms with E-state index in [-0.39, 0.29) is 6.61 Å². The average molecular weight is 242 g/mol. The van der Waals surface area contributed by atoms with Gasteiger partial charge in [-0.1, -0.05) is 13.8 Å². The molecule has 0 aliphatic rings. The third-order valence-electron chi connectivity index (χ3n) is 2.54. The number of nitrogens with zero attached hydrogens (tertiary/aromatic N) is 1. The summed E-state index contributed by atoms with van der Waals surface area (Å²) in [4.78, 5) is 5.74. The minimum Gasteiger partial charge on any atom is -0.396 e. The summed E-state index contributed by atoms with van der Waals surface area (Å²) >= 11 is 1.78. The lowest BCUT2D eigenvalue weighted by Crippen LogP contribution is -2.25. The van der Waals surface area contributed by atoms with Gasteiger partial charge < -0.3 is 10.4 Å². The Morgan fingerprint density at radius 3 is 2.75 bits per heavy atom. The van der Waals surface area contributed by atoms with Gasteiger partial charge >= 0.3 is 0 Å². The zero-order chi connectivity index (χ0) is 12.0. The molecular weight excluding hydrogens is 220 g/mol. The predicted molar refractivity (Wildman–Crippen MR) is 68.8 cm³/mol. The molecular formula is C12H22N2OS. The molecule has 0 saturated heterocycles. The van der Waals surface area contributed by atoms with Crippen LogP contribution >= 0.6 is 11.3 Å². The molecule has 0 saturated carbocycles. The topological polar surface area (TPSA) is 45.1 Å². The van der Waals surface area contributed by atoms with Gasteiger partial charge in [0.1, 0.15) is 5.01 Å². The van der Waals surface area contributed by atoms with E-state index in [0.717, 1.165) is 24.4 Å². The lowest BCUT2D eigenvalue weighted by molar-refractivity contribution is 0.276. The molecule has 2 N–H and O–H groups in total. The van der Waals surface area contributed by atoms with E-state index < -0.39 is 0 Å². The molecule has 1 unspecified atom stereocenters. The van der Waals surface area contributed by atoms with Crippen molar-refractivity contribution in [2.45, 2.75) is 52.1 Å². The highest BCUT2D eigenvalue weighted by Crippen LogP contribution is 2.21. The van der Waals surface area contributed by atoms with Gasteiger partial charge in [-0.25, -0.2) is 4.98 Å². The first-order chi connectivity index (χ1) is 7.63. The minimum absolute atomic E-state index is 0.279. The lowest BCUT2D eigenvalue weighted by atomic mass is 10.2. The Kier molecular flexibility index (Phi) is 5.95. The molecule has 1 heterocycles. The van der Waals surface area contributed by atoms with E-state index in [4.69, 9.17) is 5.11 Å². The fraction of sp³-hybridized carbons (Fsp3) is 0.750. The maximum absolute atomic E-state index is 8.73. The minimum atomic E-state index is 0.279. The fourth-order valence-electron chi connectivity index (χ4n) is 1.43. The number of rotatable bonds is 7. The summed E-state index contributed by atoms with van der Waals surface area (Å²) in [6.45, 7) is 7.64. The van der Waals surface area contributed by atoms with Crippen LogP contribution in [0, 0.1) is 0 Å². The molecule has 1 rings (SSSR count). The van der Waals surface area contributed by atoms with Gasteiger partial charge in [0, 0.05) is 30.3 Å². The SMILES string of the molecule is CC(CCCO)NCc1ncc(C(C)C)s1. The molecule has 0 aromatic carbocycles. The largest absolute Gasteiger partial charge is 0.396 e. The van der Waals surface area contributed by atoms with Gasteiger partial charge in [0.25, 0.3) is 0 Å². The van der Waals surface area contributed by atoms with Crippen molar-refractivity contribution in [2.24, 2.45) is 0 Å². The van der Waals surface area contributed by atoms with E-state index in [9.17, 15) is 0 Å². The monoisotopic (exact) mass is 242 g/mol. The van der Waals surface area contributed by atoms with Gasteiger partial charge in [-0.3, -0.25) is 0 Å². The molecule has 1 atom stereocenters. The molecule has 0 aliphatic carbocycles. The van der Waals surface area contributed by atoms with Crippen molar-refractivity contribution in [3.63, 3.8) is 0 Å². The van der Waals surface area contributed by atoms with Gasteiger partial charge in [0.15, 0.2) is 0 Å². The van der Waals surface area contributed by atoms with Crippen LogP contribution in [-0.4, -0.2) is 22.7 Å². The van der Waals surface area contributed by atoms with E-state index in [0.29, 0.717) is 12.0 Å². The fourth-order valence-corrected chi connectivity index (χ4v) is 2.31. The Morgan fingerprint density at radius 2 is 2.19 bits per heavy atom. The number of aromatic nitrogens is 1. The number of nitrogens with one attached hydrogen (secondary N) is 1. The average Bonchev–Trinajstić information content (AvgIpc) is 2.72. The Hall–Kier alpha value is -0.450. The van der Waals surface area contributed by atoms with Gasteiger partial charge in [-0.15, -0.1) is 11.3 Å². The van der Waals surface area contributed by atoms with Crippen LogP contribution in [0.5, 0.6) is 0 Å².